The number of aryl methyl sites for hydroxylation is 1. The number of hydrogen-bond donors (Lipinski definition) is 2. The highest BCUT2D eigenvalue weighted by Crippen LogP contribution is 2.13. The first kappa shape index (κ1) is 19.2. The first-order valence-corrected chi connectivity index (χ1v) is 9.06. The summed E-state index contributed by atoms with van der Waals surface area (Å²) < 4.78 is 5.69. The number of likely N-dealkylation sites (tertiary alicyclic amines) is 1. The molecule has 0 unspecified atom stereocenters. The first-order valence-electron chi connectivity index (χ1n) is 9.06. The summed E-state index contributed by atoms with van der Waals surface area (Å²) in [6.45, 7) is 7.89. The molecule has 1 aliphatic heterocycles. The maximum Gasteiger partial charge on any atom is 0.251 e. The lowest BCUT2D eigenvalue weighted by Crippen LogP contribution is -2.48. The molecule has 0 bridgehead atoms. The Bertz CT molecular complexity index is 581. The number of carbonyl (C=O) groups excluding carboxylic acids is 1. The maximum absolute atomic E-state index is 12.1. The second-order valence-corrected chi connectivity index (χ2v) is 6.24. The van der Waals surface area contributed by atoms with E-state index < -0.39 is 0 Å². The van der Waals surface area contributed by atoms with Crippen LogP contribution in [0.5, 0.6) is 0 Å². The minimum atomic E-state index is -0.0435. The smallest absolute Gasteiger partial charge is 0.251 e. The molecule has 25 heavy (non-hydrogen) atoms. The Morgan fingerprint density at radius 1 is 1.28 bits per heavy atom. The molecule has 1 aromatic rings. The fourth-order valence-electron chi connectivity index (χ4n) is 3.04. The van der Waals surface area contributed by atoms with Gasteiger partial charge >= 0.3 is 0 Å². The topological polar surface area (TPSA) is 66.0 Å². The molecular formula is C19H30N4O2. The van der Waals surface area contributed by atoms with Crippen molar-refractivity contribution >= 4 is 11.9 Å². The molecular weight excluding hydrogens is 316 g/mol. The number of piperidine rings is 1. The highest BCUT2D eigenvalue weighted by atomic mass is 16.5. The van der Waals surface area contributed by atoms with E-state index in [-0.39, 0.29) is 5.91 Å². The third kappa shape index (κ3) is 6.05. The van der Waals surface area contributed by atoms with Crippen molar-refractivity contribution in [3.8, 4) is 0 Å². The summed E-state index contributed by atoms with van der Waals surface area (Å²) >= 11 is 0. The number of ether oxygens (including phenoxy) is 1. The molecule has 1 aliphatic rings. The molecule has 6 nitrogen and oxygen atoms in total. The normalized spacial score (nSPS) is 16.0. The zero-order chi connectivity index (χ0) is 18.1. The van der Waals surface area contributed by atoms with Crippen molar-refractivity contribution < 1.29 is 9.53 Å². The Labute approximate surface area is 150 Å². The number of guanidine groups is 1. The van der Waals surface area contributed by atoms with Crippen LogP contribution in [-0.2, 0) is 4.74 Å². The van der Waals surface area contributed by atoms with Crippen LogP contribution in [0.2, 0.25) is 0 Å². The fourth-order valence-corrected chi connectivity index (χ4v) is 3.04. The average molecular weight is 346 g/mol. The highest BCUT2D eigenvalue weighted by molar-refractivity contribution is 5.94. The van der Waals surface area contributed by atoms with Crippen molar-refractivity contribution in [3.05, 3.63) is 35.4 Å². The van der Waals surface area contributed by atoms with Crippen LogP contribution in [0, 0.1) is 6.92 Å². The minimum absolute atomic E-state index is 0.0435. The van der Waals surface area contributed by atoms with Gasteiger partial charge in [0.1, 0.15) is 0 Å². The Morgan fingerprint density at radius 3 is 2.64 bits per heavy atom. The Balaban J connectivity index is 1.70. The summed E-state index contributed by atoms with van der Waals surface area (Å²) in [5.74, 6) is 0.845. The number of hydrogen-bond acceptors (Lipinski definition) is 3. The molecule has 1 aromatic carbocycles. The van der Waals surface area contributed by atoms with Crippen LogP contribution >= 0.6 is 0 Å². The van der Waals surface area contributed by atoms with Crippen LogP contribution in [-0.4, -0.2) is 62.7 Å². The van der Waals surface area contributed by atoms with E-state index in [1.165, 1.54) is 0 Å². The van der Waals surface area contributed by atoms with Gasteiger partial charge in [0.25, 0.3) is 5.91 Å². The minimum Gasteiger partial charge on any atom is -0.378 e. The largest absolute Gasteiger partial charge is 0.378 e. The van der Waals surface area contributed by atoms with Gasteiger partial charge in [-0.1, -0.05) is 17.7 Å². The van der Waals surface area contributed by atoms with Gasteiger partial charge in [-0.2, -0.15) is 0 Å². The number of benzene rings is 1. The van der Waals surface area contributed by atoms with Gasteiger partial charge in [-0.05, 0) is 38.8 Å². The van der Waals surface area contributed by atoms with Crippen LogP contribution in [0.4, 0.5) is 0 Å². The van der Waals surface area contributed by atoms with Gasteiger partial charge < -0.3 is 20.3 Å². The lowest BCUT2D eigenvalue weighted by Gasteiger charge is -2.34. The zero-order valence-corrected chi connectivity index (χ0v) is 15.5. The molecule has 0 saturated carbocycles. The molecule has 1 amide bonds. The Morgan fingerprint density at radius 2 is 2.00 bits per heavy atom. The van der Waals surface area contributed by atoms with E-state index in [0.717, 1.165) is 44.1 Å². The summed E-state index contributed by atoms with van der Waals surface area (Å²) in [7, 11) is 1.79. The van der Waals surface area contributed by atoms with Crippen molar-refractivity contribution in [1.82, 2.24) is 15.5 Å². The standard InChI is InChI=1S/C19H30N4O2/c1-4-25-17-8-12-23(13-9-17)19(20-3)22-11-10-21-18(24)16-7-5-6-15(2)14-16/h5-7,14,17H,4,8-13H2,1-3H3,(H,20,22)(H,21,24). The fraction of sp³-hybridized carbons (Fsp3) is 0.579. The number of amides is 1. The molecule has 6 heteroatoms. The molecule has 138 valence electrons. The molecule has 1 heterocycles. The summed E-state index contributed by atoms with van der Waals surface area (Å²) in [6, 6.07) is 7.61. The van der Waals surface area contributed by atoms with E-state index in [2.05, 4.69) is 20.5 Å². The second-order valence-electron chi connectivity index (χ2n) is 6.24. The average Bonchev–Trinajstić information content (AvgIpc) is 2.63. The molecule has 0 aromatic heterocycles. The van der Waals surface area contributed by atoms with E-state index in [9.17, 15) is 4.79 Å². The van der Waals surface area contributed by atoms with Crippen molar-refractivity contribution in [3.63, 3.8) is 0 Å². The molecule has 1 saturated heterocycles. The lowest BCUT2D eigenvalue weighted by molar-refractivity contribution is 0.0264. The zero-order valence-electron chi connectivity index (χ0n) is 15.5. The maximum atomic E-state index is 12.1. The van der Waals surface area contributed by atoms with E-state index >= 15 is 0 Å². The molecule has 0 spiro atoms. The van der Waals surface area contributed by atoms with Gasteiger partial charge in [0, 0.05) is 45.4 Å². The summed E-state index contributed by atoms with van der Waals surface area (Å²) in [5, 5.41) is 6.26. The quantitative estimate of drug-likeness (QED) is 0.468. The predicted octanol–water partition coefficient (Wildman–Crippen LogP) is 1.80. The number of carbonyl (C=O) groups is 1. The molecule has 0 aliphatic carbocycles. The SMILES string of the molecule is CCOC1CCN(C(=NC)NCCNC(=O)c2cccc(C)c2)CC1. The molecule has 2 rings (SSSR count). The van der Waals surface area contributed by atoms with Crippen LogP contribution in [0.15, 0.2) is 29.3 Å². The third-order valence-corrected chi connectivity index (χ3v) is 4.33. The molecule has 0 atom stereocenters. The monoisotopic (exact) mass is 346 g/mol. The van der Waals surface area contributed by atoms with Crippen LogP contribution in [0.25, 0.3) is 0 Å². The van der Waals surface area contributed by atoms with Crippen molar-refractivity contribution in [2.75, 3.05) is 39.8 Å². The Hall–Kier alpha value is -2.08. The second kappa shape index (κ2) is 10.0. The van der Waals surface area contributed by atoms with Crippen LogP contribution < -0.4 is 10.6 Å². The number of aliphatic imine (C=N–C) groups is 1. The Kier molecular flexibility index (Phi) is 7.73. The summed E-state index contributed by atoms with van der Waals surface area (Å²) in [5.41, 5.74) is 1.78. The van der Waals surface area contributed by atoms with Crippen LogP contribution in [0.3, 0.4) is 0 Å². The highest BCUT2D eigenvalue weighted by Gasteiger charge is 2.21. The van der Waals surface area contributed by atoms with E-state index in [4.69, 9.17) is 4.74 Å². The molecule has 2 N–H and O–H groups in total. The third-order valence-electron chi connectivity index (χ3n) is 4.33. The predicted molar refractivity (Wildman–Crippen MR) is 101 cm³/mol. The van der Waals surface area contributed by atoms with E-state index in [1.54, 1.807) is 7.05 Å². The van der Waals surface area contributed by atoms with Crippen molar-refractivity contribution in [1.29, 1.82) is 0 Å². The molecule has 0 radical (unpaired) electrons. The first-order chi connectivity index (χ1) is 12.1. The summed E-state index contributed by atoms with van der Waals surface area (Å²) in [4.78, 5) is 18.7. The number of nitrogens with one attached hydrogen (secondary N) is 2. The van der Waals surface area contributed by atoms with Gasteiger partial charge in [-0.15, -0.1) is 0 Å². The lowest BCUT2D eigenvalue weighted by atomic mass is 10.1. The molecule has 1 fully saturated rings. The van der Waals surface area contributed by atoms with Crippen molar-refractivity contribution in [2.45, 2.75) is 32.8 Å². The van der Waals surface area contributed by atoms with E-state index in [0.29, 0.717) is 24.8 Å². The summed E-state index contributed by atoms with van der Waals surface area (Å²) in [6.07, 6.45) is 2.42. The van der Waals surface area contributed by atoms with Crippen LogP contribution in [0.1, 0.15) is 35.7 Å². The van der Waals surface area contributed by atoms with Gasteiger partial charge in [0.05, 0.1) is 6.10 Å². The van der Waals surface area contributed by atoms with Gasteiger partial charge in [-0.25, -0.2) is 0 Å². The number of rotatable bonds is 6. The van der Waals surface area contributed by atoms with Gasteiger partial charge in [-0.3, -0.25) is 9.79 Å². The van der Waals surface area contributed by atoms with Gasteiger partial charge in [0.2, 0.25) is 0 Å². The van der Waals surface area contributed by atoms with Gasteiger partial charge in [0.15, 0.2) is 5.96 Å². The number of nitrogens with zero attached hydrogens (tertiary/aromatic N) is 2. The van der Waals surface area contributed by atoms with Crippen molar-refractivity contribution in [2.24, 2.45) is 4.99 Å². The van der Waals surface area contributed by atoms with E-state index in [1.807, 2.05) is 38.1 Å².